The molecular formula is C21H21BrN2O2S. The van der Waals surface area contributed by atoms with Crippen LogP contribution in [-0.2, 0) is 16.4 Å². The van der Waals surface area contributed by atoms with Crippen LogP contribution in [-0.4, -0.2) is 13.4 Å². The fourth-order valence-corrected chi connectivity index (χ4v) is 4.49. The Labute approximate surface area is 168 Å². The van der Waals surface area contributed by atoms with Gasteiger partial charge in [-0.1, -0.05) is 51.8 Å². The average molecular weight is 445 g/mol. The Hall–Kier alpha value is -2.02. The van der Waals surface area contributed by atoms with E-state index in [9.17, 15) is 8.42 Å². The zero-order chi connectivity index (χ0) is 19.4. The summed E-state index contributed by atoms with van der Waals surface area (Å²) in [6.07, 6.45) is 0.462. The third-order valence-electron chi connectivity index (χ3n) is 4.24. The minimum absolute atomic E-state index is 0.255. The predicted octanol–water partition coefficient (Wildman–Crippen LogP) is 4.72. The van der Waals surface area contributed by atoms with Crippen LogP contribution >= 0.6 is 15.9 Å². The second-order valence-corrected chi connectivity index (χ2v) is 9.15. The number of nitrogens with one attached hydrogen (secondary N) is 1. The molecule has 0 saturated heterocycles. The minimum Gasteiger partial charge on any atom is -0.258 e. The molecule has 1 heterocycles. The summed E-state index contributed by atoms with van der Waals surface area (Å²) in [5, 5.41) is 0. The van der Waals surface area contributed by atoms with E-state index in [0.717, 1.165) is 27.0 Å². The maximum Gasteiger partial charge on any atom is 0.241 e. The Balaban J connectivity index is 1.95. The van der Waals surface area contributed by atoms with Crippen molar-refractivity contribution in [1.82, 2.24) is 9.71 Å². The molecule has 6 heteroatoms. The summed E-state index contributed by atoms with van der Waals surface area (Å²) in [6.45, 7) is 3.85. The second-order valence-electron chi connectivity index (χ2n) is 6.52. The Morgan fingerprint density at radius 1 is 1.00 bits per heavy atom. The van der Waals surface area contributed by atoms with Crippen molar-refractivity contribution in [3.05, 3.63) is 93.7 Å². The fourth-order valence-electron chi connectivity index (χ4n) is 2.85. The first-order valence-electron chi connectivity index (χ1n) is 8.60. The number of aryl methyl sites for hydroxylation is 2. The largest absolute Gasteiger partial charge is 0.258 e. The first-order valence-corrected chi connectivity index (χ1v) is 10.9. The normalized spacial score (nSPS) is 12.7. The van der Waals surface area contributed by atoms with Crippen molar-refractivity contribution in [3.63, 3.8) is 0 Å². The quantitative estimate of drug-likeness (QED) is 0.597. The van der Waals surface area contributed by atoms with E-state index in [0.29, 0.717) is 6.42 Å². The van der Waals surface area contributed by atoms with Gasteiger partial charge in [0.05, 0.1) is 10.9 Å². The van der Waals surface area contributed by atoms with Gasteiger partial charge in [-0.2, -0.15) is 0 Å². The molecule has 0 aliphatic carbocycles. The molecule has 0 amide bonds. The number of hydrogen-bond acceptors (Lipinski definition) is 3. The first kappa shape index (κ1) is 19.7. The topological polar surface area (TPSA) is 59.1 Å². The first-order chi connectivity index (χ1) is 12.8. The summed E-state index contributed by atoms with van der Waals surface area (Å²) in [5.41, 5.74) is 3.64. The Bertz CT molecular complexity index is 1030. The molecule has 140 valence electrons. The molecule has 0 spiro atoms. The number of nitrogens with zero attached hydrogens (tertiary/aromatic N) is 1. The summed E-state index contributed by atoms with van der Waals surface area (Å²) < 4.78 is 29.6. The standard InChI is InChI=1S/C21H21BrN2O2S/c1-15-9-11-20(12-10-15)27(25,26)24-21(17-6-4-7-18(22)13-17)14-19-8-3-5-16(2)23-19/h3-13,21,24H,14H2,1-2H3. The van der Waals surface area contributed by atoms with Crippen molar-refractivity contribution in [2.45, 2.75) is 31.2 Å². The number of halogens is 1. The predicted molar refractivity (Wildman–Crippen MR) is 111 cm³/mol. The highest BCUT2D eigenvalue weighted by Gasteiger charge is 2.22. The van der Waals surface area contributed by atoms with E-state index < -0.39 is 16.1 Å². The van der Waals surface area contributed by atoms with Gasteiger partial charge in [0, 0.05) is 22.3 Å². The Morgan fingerprint density at radius 2 is 1.70 bits per heavy atom. The zero-order valence-corrected chi connectivity index (χ0v) is 17.6. The van der Waals surface area contributed by atoms with Gasteiger partial charge in [0.1, 0.15) is 0 Å². The van der Waals surface area contributed by atoms with Crippen LogP contribution in [0.3, 0.4) is 0 Å². The van der Waals surface area contributed by atoms with Crippen LogP contribution in [0.25, 0.3) is 0 Å². The summed E-state index contributed by atoms with van der Waals surface area (Å²) >= 11 is 3.47. The number of hydrogen-bond donors (Lipinski definition) is 1. The van der Waals surface area contributed by atoms with Crippen molar-refractivity contribution in [2.75, 3.05) is 0 Å². The van der Waals surface area contributed by atoms with Gasteiger partial charge in [0.25, 0.3) is 0 Å². The number of pyridine rings is 1. The molecule has 0 fully saturated rings. The molecule has 1 N–H and O–H groups in total. The molecule has 0 aliphatic heterocycles. The molecule has 1 atom stereocenters. The highest BCUT2D eigenvalue weighted by molar-refractivity contribution is 9.10. The lowest BCUT2D eigenvalue weighted by Crippen LogP contribution is -2.30. The molecule has 1 aromatic heterocycles. The summed E-state index contributed by atoms with van der Waals surface area (Å²) in [6, 6.07) is 19.9. The maximum atomic E-state index is 12.9. The van der Waals surface area contributed by atoms with Gasteiger partial charge in [-0.3, -0.25) is 4.98 Å². The summed E-state index contributed by atoms with van der Waals surface area (Å²) in [7, 11) is -3.66. The van der Waals surface area contributed by atoms with Gasteiger partial charge in [-0.15, -0.1) is 0 Å². The number of aromatic nitrogens is 1. The number of benzene rings is 2. The van der Waals surface area contributed by atoms with E-state index in [1.54, 1.807) is 24.3 Å². The van der Waals surface area contributed by atoms with Gasteiger partial charge in [-0.05, 0) is 55.8 Å². The van der Waals surface area contributed by atoms with E-state index >= 15 is 0 Å². The molecule has 0 bridgehead atoms. The van der Waals surface area contributed by atoms with Crippen LogP contribution in [0.15, 0.2) is 76.1 Å². The van der Waals surface area contributed by atoms with E-state index in [-0.39, 0.29) is 4.90 Å². The molecule has 3 rings (SSSR count). The number of sulfonamides is 1. The Kier molecular flexibility index (Phi) is 6.09. The number of rotatable bonds is 6. The van der Waals surface area contributed by atoms with Crippen LogP contribution in [0.1, 0.15) is 28.6 Å². The molecular weight excluding hydrogens is 424 g/mol. The lowest BCUT2D eigenvalue weighted by molar-refractivity contribution is 0.552. The second kappa shape index (κ2) is 8.33. The van der Waals surface area contributed by atoms with Gasteiger partial charge in [0.15, 0.2) is 0 Å². The molecule has 4 nitrogen and oxygen atoms in total. The third kappa shape index (κ3) is 5.25. The smallest absolute Gasteiger partial charge is 0.241 e. The van der Waals surface area contributed by atoms with Crippen LogP contribution in [0, 0.1) is 13.8 Å². The summed E-state index contributed by atoms with van der Waals surface area (Å²) in [5.74, 6) is 0. The average Bonchev–Trinajstić information content (AvgIpc) is 2.61. The minimum atomic E-state index is -3.66. The van der Waals surface area contributed by atoms with Crippen molar-refractivity contribution in [3.8, 4) is 0 Å². The lowest BCUT2D eigenvalue weighted by atomic mass is 10.0. The van der Waals surface area contributed by atoms with Crippen molar-refractivity contribution < 1.29 is 8.42 Å². The van der Waals surface area contributed by atoms with E-state index in [2.05, 4.69) is 25.6 Å². The summed E-state index contributed by atoms with van der Waals surface area (Å²) in [4.78, 5) is 4.78. The maximum absolute atomic E-state index is 12.9. The van der Waals surface area contributed by atoms with E-state index in [1.807, 2.05) is 56.3 Å². The van der Waals surface area contributed by atoms with Crippen molar-refractivity contribution in [2.24, 2.45) is 0 Å². The van der Waals surface area contributed by atoms with Gasteiger partial charge in [0.2, 0.25) is 10.0 Å². The highest BCUT2D eigenvalue weighted by atomic mass is 79.9. The van der Waals surface area contributed by atoms with Gasteiger partial charge < -0.3 is 0 Å². The van der Waals surface area contributed by atoms with Gasteiger partial charge in [-0.25, -0.2) is 13.1 Å². The Morgan fingerprint density at radius 3 is 2.37 bits per heavy atom. The van der Waals surface area contributed by atoms with Crippen LogP contribution in [0.5, 0.6) is 0 Å². The van der Waals surface area contributed by atoms with Gasteiger partial charge >= 0.3 is 0 Å². The molecule has 0 aliphatic rings. The third-order valence-corrected chi connectivity index (χ3v) is 6.22. The zero-order valence-electron chi connectivity index (χ0n) is 15.2. The monoisotopic (exact) mass is 444 g/mol. The van der Waals surface area contributed by atoms with Crippen LogP contribution in [0.2, 0.25) is 0 Å². The SMILES string of the molecule is Cc1ccc(S(=O)(=O)NC(Cc2cccc(C)n2)c2cccc(Br)c2)cc1. The molecule has 27 heavy (non-hydrogen) atoms. The molecule has 0 saturated carbocycles. The molecule has 2 aromatic carbocycles. The lowest BCUT2D eigenvalue weighted by Gasteiger charge is -2.20. The van der Waals surface area contributed by atoms with Crippen molar-refractivity contribution in [1.29, 1.82) is 0 Å². The fraction of sp³-hybridized carbons (Fsp3) is 0.190. The molecule has 0 radical (unpaired) electrons. The highest BCUT2D eigenvalue weighted by Crippen LogP contribution is 2.24. The van der Waals surface area contributed by atoms with Crippen LogP contribution in [0.4, 0.5) is 0 Å². The molecule has 1 unspecified atom stereocenters. The van der Waals surface area contributed by atoms with E-state index in [1.165, 1.54) is 0 Å². The van der Waals surface area contributed by atoms with Crippen molar-refractivity contribution >= 4 is 26.0 Å². The van der Waals surface area contributed by atoms with E-state index in [4.69, 9.17) is 0 Å². The molecule has 3 aromatic rings. The van der Waals surface area contributed by atoms with Crippen LogP contribution < -0.4 is 4.72 Å².